The van der Waals surface area contributed by atoms with Crippen LogP contribution in [0.15, 0.2) is 0 Å². The Kier molecular flexibility index (Phi) is 5.55. The zero-order chi connectivity index (χ0) is 9.99. The van der Waals surface area contributed by atoms with Gasteiger partial charge in [0.2, 0.25) is 6.54 Å². The van der Waals surface area contributed by atoms with Crippen LogP contribution in [0.3, 0.4) is 0 Å². The second kappa shape index (κ2) is 4.77. The molecule has 80 valence electrons. The van der Waals surface area contributed by atoms with E-state index in [1.165, 1.54) is 0 Å². The summed E-state index contributed by atoms with van der Waals surface area (Å²) in [4.78, 5) is 9.92. The quantitative estimate of drug-likeness (QED) is 0.311. The molecule has 5 heteroatoms. The van der Waals surface area contributed by atoms with Crippen LogP contribution in [0, 0.1) is 10.1 Å². The van der Waals surface area contributed by atoms with Crippen LogP contribution in [0.25, 0.3) is 0 Å². The lowest BCUT2D eigenvalue weighted by Crippen LogP contribution is -3.00. The molecule has 0 unspecified atom stereocenters. The van der Waals surface area contributed by atoms with Crippen LogP contribution >= 0.6 is 0 Å². The Bertz CT molecular complexity index is 175. The van der Waals surface area contributed by atoms with Gasteiger partial charge in [0.15, 0.2) is 0 Å². The molecule has 0 radical (unpaired) electrons. The van der Waals surface area contributed by atoms with E-state index in [0.29, 0.717) is 6.42 Å². The molecule has 0 N–H and O–H groups in total. The Morgan fingerprint density at radius 1 is 1.31 bits per heavy atom. The van der Waals surface area contributed by atoms with Crippen LogP contribution in [-0.2, 0) is 0 Å². The van der Waals surface area contributed by atoms with E-state index in [9.17, 15) is 10.1 Å². The second-order valence-electron chi connectivity index (χ2n) is 4.63. The average molecular weight is 211 g/mol. The lowest BCUT2D eigenvalue weighted by Gasteiger charge is -2.40. The fourth-order valence-electron chi connectivity index (χ4n) is 0.700. The number of hydrogen-bond acceptors (Lipinski definition) is 2. The number of nitro groups is 1. The first-order chi connectivity index (χ1) is 5.17. The summed E-state index contributed by atoms with van der Waals surface area (Å²) in [7, 11) is 6.17. The minimum Gasteiger partial charge on any atom is -1.00 e. The second-order valence-corrected chi connectivity index (χ2v) is 4.63. The van der Waals surface area contributed by atoms with E-state index >= 15 is 0 Å². The number of hydrogen-bond donors (Lipinski definition) is 0. The predicted octanol–water partition coefficient (Wildman–Crippen LogP) is -1.86. The summed E-state index contributed by atoms with van der Waals surface area (Å²) in [6.07, 6.45) is 0.615. The van der Waals surface area contributed by atoms with Crippen molar-refractivity contribution in [2.45, 2.75) is 25.8 Å². The van der Waals surface area contributed by atoms with E-state index < -0.39 is 0 Å². The molecule has 0 fully saturated rings. The monoisotopic (exact) mass is 210 g/mol. The van der Waals surface area contributed by atoms with Crippen LogP contribution in [-0.4, -0.2) is 42.6 Å². The highest BCUT2D eigenvalue weighted by Crippen LogP contribution is 2.21. The zero-order valence-electron chi connectivity index (χ0n) is 9.00. The van der Waals surface area contributed by atoms with Gasteiger partial charge in [0, 0.05) is 4.92 Å². The molecule has 0 amide bonds. The topological polar surface area (TPSA) is 43.1 Å². The summed E-state index contributed by atoms with van der Waals surface area (Å²) in [5.74, 6) is 0. The largest absolute Gasteiger partial charge is 1.00 e. The van der Waals surface area contributed by atoms with Gasteiger partial charge in [-0.3, -0.25) is 10.1 Å². The molecule has 0 atom stereocenters. The Hall–Kier alpha value is -0.350. The highest BCUT2D eigenvalue weighted by atomic mass is 35.5. The number of nitrogens with zero attached hydrogens (tertiary/aromatic N) is 2. The number of quaternary nitrogens is 1. The molecule has 0 aliphatic carbocycles. The van der Waals surface area contributed by atoms with E-state index in [2.05, 4.69) is 35.0 Å². The van der Waals surface area contributed by atoms with Gasteiger partial charge in [0.1, 0.15) is 0 Å². The molecule has 0 aromatic carbocycles. The molecule has 0 rings (SSSR count). The first-order valence-corrected chi connectivity index (χ1v) is 4.10. The van der Waals surface area contributed by atoms with Gasteiger partial charge >= 0.3 is 0 Å². The third-order valence-corrected chi connectivity index (χ3v) is 2.72. The number of rotatable bonds is 4. The van der Waals surface area contributed by atoms with Gasteiger partial charge in [0.05, 0.1) is 33.1 Å². The van der Waals surface area contributed by atoms with Gasteiger partial charge in [-0.1, -0.05) is 0 Å². The fourth-order valence-corrected chi connectivity index (χ4v) is 0.700. The molecule has 13 heavy (non-hydrogen) atoms. The molecule has 0 bridgehead atoms. The maximum absolute atomic E-state index is 10.2. The molecule has 0 aliphatic rings. The van der Waals surface area contributed by atoms with Crippen molar-refractivity contribution in [2.75, 3.05) is 27.7 Å². The molecule has 0 heterocycles. The molecule has 0 aromatic rings. The van der Waals surface area contributed by atoms with Crippen LogP contribution < -0.4 is 12.4 Å². The number of halogens is 1. The van der Waals surface area contributed by atoms with Crippen LogP contribution in [0.5, 0.6) is 0 Å². The summed E-state index contributed by atoms with van der Waals surface area (Å²) >= 11 is 0. The maximum Gasteiger partial charge on any atom is 0.209 e. The van der Waals surface area contributed by atoms with Crippen molar-refractivity contribution in [3.8, 4) is 0 Å². The van der Waals surface area contributed by atoms with Crippen molar-refractivity contribution in [3.05, 3.63) is 10.1 Å². The zero-order valence-corrected chi connectivity index (χ0v) is 9.76. The van der Waals surface area contributed by atoms with Crippen molar-refractivity contribution in [2.24, 2.45) is 0 Å². The minimum absolute atomic E-state index is 0. The Morgan fingerprint density at radius 3 is 1.92 bits per heavy atom. The maximum atomic E-state index is 10.2. The summed E-state index contributed by atoms with van der Waals surface area (Å²) in [6, 6.07) is 0. The third kappa shape index (κ3) is 5.05. The summed E-state index contributed by atoms with van der Waals surface area (Å²) in [5.41, 5.74) is -0.0347. The van der Waals surface area contributed by atoms with Crippen molar-refractivity contribution in [3.63, 3.8) is 0 Å². The van der Waals surface area contributed by atoms with Gasteiger partial charge in [-0.25, -0.2) is 0 Å². The highest BCUT2D eigenvalue weighted by Gasteiger charge is 2.33. The van der Waals surface area contributed by atoms with E-state index in [4.69, 9.17) is 0 Å². The predicted molar refractivity (Wildman–Crippen MR) is 48.6 cm³/mol. The first kappa shape index (κ1) is 15.1. The van der Waals surface area contributed by atoms with Gasteiger partial charge < -0.3 is 16.9 Å². The van der Waals surface area contributed by atoms with Crippen LogP contribution in [0.2, 0.25) is 0 Å². The van der Waals surface area contributed by atoms with E-state index in [1.807, 2.05) is 0 Å². The van der Waals surface area contributed by atoms with Gasteiger partial charge in [-0.05, 0) is 13.8 Å². The van der Waals surface area contributed by atoms with Gasteiger partial charge in [0.25, 0.3) is 0 Å². The normalized spacial score (nSPS) is 12.1. The van der Waals surface area contributed by atoms with E-state index in [0.717, 1.165) is 4.48 Å². The van der Waals surface area contributed by atoms with Crippen LogP contribution in [0.4, 0.5) is 0 Å². The van der Waals surface area contributed by atoms with Crippen LogP contribution in [0.1, 0.15) is 20.3 Å². The molecular weight excluding hydrogens is 192 g/mol. The molecule has 0 saturated carbocycles. The molecule has 0 spiro atoms. The molecule has 0 aliphatic heterocycles. The van der Waals surface area contributed by atoms with Crippen molar-refractivity contribution in [1.29, 1.82) is 0 Å². The lowest BCUT2D eigenvalue weighted by molar-refractivity contribution is -0.921. The third-order valence-electron chi connectivity index (χ3n) is 2.72. The Morgan fingerprint density at radius 2 is 1.69 bits per heavy atom. The first-order valence-electron chi connectivity index (χ1n) is 4.10. The molecule has 0 saturated heterocycles. The Balaban J connectivity index is 0. The highest BCUT2D eigenvalue weighted by molar-refractivity contribution is 4.67. The summed E-state index contributed by atoms with van der Waals surface area (Å²) in [5, 5.41) is 10.2. The van der Waals surface area contributed by atoms with Gasteiger partial charge in [-0.2, -0.15) is 0 Å². The minimum atomic E-state index is -0.253. The van der Waals surface area contributed by atoms with Crippen molar-refractivity contribution < 1.29 is 21.8 Å². The SMILES string of the molecule is CC(C)(CC[N+](=O)[O-])[N+](C)(C)C.[Cl-]. The molecule has 4 nitrogen and oxygen atoms in total. The lowest BCUT2D eigenvalue weighted by atomic mass is 9.97. The summed E-state index contributed by atoms with van der Waals surface area (Å²) < 4.78 is 0.751. The fraction of sp³-hybridized carbons (Fsp3) is 1.00. The van der Waals surface area contributed by atoms with Gasteiger partial charge in [-0.15, -0.1) is 0 Å². The summed E-state index contributed by atoms with van der Waals surface area (Å²) in [6.45, 7) is 4.16. The molecular formula is C8H19ClN2O2. The van der Waals surface area contributed by atoms with E-state index in [-0.39, 0.29) is 29.4 Å². The average Bonchev–Trinajstić information content (AvgIpc) is 1.81. The van der Waals surface area contributed by atoms with E-state index in [1.54, 1.807) is 0 Å². The smallest absolute Gasteiger partial charge is 0.209 e. The van der Waals surface area contributed by atoms with Crippen molar-refractivity contribution >= 4 is 0 Å². The standard InChI is InChI=1S/C8H19N2O2.ClH/c1-8(2,10(3,4)5)6-7-9(11)12;/h6-7H2,1-5H3;1H/q+1;/p-1. The van der Waals surface area contributed by atoms with Crippen molar-refractivity contribution in [1.82, 2.24) is 0 Å². The molecule has 0 aromatic heterocycles. The Labute approximate surface area is 86.1 Å².